The smallest absolute Gasteiger partial charge is 0.138 e. The van der Waals surface area contributed by atoms with E-state index in [0.717, 1.165) is 24.5 Å². The lowest BCUT2D eigenvalue weighted by Gasteiger charge is -2.16. The number of hydrogen-bond donors (Lipinski definition) is 1. The van der Waals surface area contributed by atoms with Crippen LogP contribution in [0.5, 0.6) is 5.75 Å². The lowest BCUT2D eigenvalue weighted by Crippen LogP contribution is -2.95. The van der Waals surface area contributed by atoms with Crippen molar-refractivity contribution < 1.29 is 14.8 Å². The maximum Gasteiger partial charge on any atom is 0.138 e. The molecule has 0 aliphatic carbocycles. The van der Waals surface area contributed by atoms with Crippen molar-refractivity contribution in [3.63, 3.8) is 0 Å². The zero-order valence-electron chi connectivity index (χ0n) is 12.3. The summed E-state index contributed by atoms with van der Waals surface area (Å²) in [4.78, 5) is 0. The second-order valence-electron chi connectivity index (χ2n) is 5.75. The molecule has 19 heavy (non-hydrogen) atoms. The average molecular weight is 287 g/mol. The van der Waals surface area contributed by atoms with Gasteiger partial charge in [-0.05, 0) is 45.4 Å². The molecular formula is C15H25ClNO2+. The highest BCUT2D eigenvalue weighted by Gasteiger charge is 2.11. The molecule has 0 atom stereocenters. The molecule has 0 fully saturated rings. The Balaban J connectivity index is 2.11. The van der Waals surface area contributed by atoms with Crippen LogP contribution in [0.3, 0.4) is 0 Å². The molecule has 1 rings (SSSR count). The van der Waals surface area contributed by atoms with Crippen LogP contribution in [-0.4, -0.2) is 31.9 Å². The van der Waals surface area contributed by atoms with Crippen molar-refractivity contribution in [2.24, 2.45) is 0 Å². The summed E-state index contributed by atoms with van der Waals surface area (Å²) in [5.41, 5.74) is 1.39. The van der Waals surface area contributed by atoms with Crippen LogP contribution in [0, 0.1) is 6.92 Å². The molecule has 0 aliphatic heterocycles. The summed E-state index contributed by atoms with van der Waals surface area (Å²) in [6.07, 6.45) is 0. The average Bonchev–Trinajstić information content (AvgIpc) is 2.29. The van der Waals surface area contributed by atoms with Gasteiger partial charge in [0, 0.05) is 0 Å². The third kappa shape index (κ3) is 7.41. The Hall–Kier alpha value is -0.770. The van der Waals surface area contributed by atoms with Crippen molar-refractivity contribution in [2.45, 2.75) is 33.2 Å². The minimum absolute atomic E-state index is 0.259. The van der Waals surface area contributed by atoms with Gasteiger partial charge in [0.05, 0.1) is 30.3 Å². The van der Waals surface area contributed by atoms with Crippen molar-refractivity contribution in [3.05, 3.63) is 28.8 Å². The Morgan fingerprint density at radius 3 is 2.53 bits per heavy atom. The zero-order valence-corrected chi connectivity index (χ0v) is 13.1. The highest BCUT2D eigenvalue weighted by atomic mass is 35.5. The summed E-state index contributed by atoms with van der Waals surface area (Å²) in [6.45, 7) is 11.4. The van der Waals surface area contributed by atoms with Gasteiger partial charge < -0.3 is 14.8 Å². The van der Waals surface area contributed by atoms with Gasteiger partial charge in [-0.2, -0.15) is 0 Å². The third-order valence-corrected chi connectivity index (χ3v) is 2.89. The molecule has 0 heterocycles. The van der Waals surface area contributed by atoms with E-state index in [1.807, 2.05) is 25.1 Å². The lowest BCUT2D eigenvalue weighted by atomic mass is 10.1. The number of quaternary nitrogens is 1. The van der Waals surface area contributed by atoms with E-state index in [1.54, 1.807) is 0 Å². The first-order chi connectivity index (χ1) is 8.88. The van der Waals surface area contributed by atoms with Crippen molar-refractivity contribution >= 4 is 11.6 Å². The molecule has 0 aromatic heterocycles. The van der Waals surface area contributed by atoms with Gasteiger partial charge in [0.2, 0.25) is 0 Å². The lowest BCUT2D eigenvalue weighted by molar-refractivity contribution is -0.718. The van der Waals surface area contributed by atoms with Crippen molar-refractivity contribution in [3.8, 4) is 5.75 Å². The molecule has 0 radical (unpaired) electrons. The highest BCUT2D eigenvalue weighted by Crippen LogP contribution is 2.24. The van der Waals surface area contributed by atoms with Gasteiger partial charge in [-0.3, -0.25) is 0 Å². The predicted octanol–water partition coefficient (Wildman–Crippen LogP) is 2.41. The summed E-state index contributed by atoms with van der Waals surface area (Å²) in [7, 11) is 0. The molecule has 0 aliphatic rings. The van der Waals surface area contributed by atoms with Crippen molar-refractivity contribution in [2.75, 3.05) is 26.4 Å². The minimum Gasteiger partial charge on any atom is -0.490 e. The van der Waals surface area contributed by atoms with E-state index < -0.39 is 0 Å². The fourth-order valence-electron chi connectivity index (χ4n) is 1.61. The van der Waals surface area contributed by atoms with Crippen LogP contribution in [-0.2, 0) is 4.74 Å². The first kappa shape index (κ1) is 16.3. The molecule has 0 unspecified atom stereocenters. The molecule has 0 saturated carbocycles. The molecule has 0 bridgehead atoms. The third-order valence-electron chi connectivity index (χ3n) is 2.59. The maximum absolute atomic E-state index is 6.07. The predicted molar refractivity (Wildman–Crippen MR) is 79.0 cm³/mol. The number of benzene rings is 1. The Morgan fingerprint density at radius 2 is 1.89 bits per heavy atom. The summed E-state index contributed by atoms with van der Waals surface area (Å²) in [5, 5.41) is 2.92. The van der Waals surface area contributed by atoms with E-state index in [9.17, 15) is 0 Å². The van der Waals surface area contributed by atoms with Gasteiger partial charge in [0.1, 0.15) is 12.4 Å². The summed E-state index contributed by atoms with van der Waals surface area (Å²) in [6, 6.07) is 5.78. The van der Waals surface area contributed by atoms with Crippen molar-refractivity contribution in [1.29, 1.82) is 0 Å². The molecule has 3 nitrogen and oxygen atoms in total. The standard InChI is InChI=1S/C15H24ClNO2/c1-12-5-6-14(13(16)11-12)19-10-9-18-8-7-17-15(2,3)4/h5-6,11,17H,7-10H2,1-4H3/p+1. The van der Waals surface area contributed by atoms with E-state index in [4.69, 9.17) is 21.1 Å². The molecule has 2 N–H and O–H groups in total. The van der Waals surface area contributed by atoms with E-state index in [-0.39, 0.29) is 5.54 Å². The number of nitrogens with two attached hydrogens (primary N) is 1. The van der Waals surface area contributed by atoms with Crippen LogP contribution in [0.2, 0.25) is 5.02 Å². The first-order valence-electron chi connectivity index (χ1n) is 6.69. The van der Waals surface area contributed by atoms with Gasteiger partial charge in [-0.15, -0.1) is 0 Å². The largest absolute Gasteiger partial charge is 0.490 e. The highest BCUT2D eigenvalue weighted by molar-refractivity contribution is 6.32. The second kappa shape index (κ2) is 7.73. The Kier molecular flexibility index (Phi) is 6.63. The summed E-state index contributed by atoms with van der Waals surface area (Å²) in [5.74, 6) is 0.720. The molecule has 0 amide bonds. The van der Waals surface area contributed by atoms with Gasteiger partial charge in [-0.25, -0.2) is 0 Å². The van der Waals surface area contributed by atoms with Crippen LogP contribution in [0.4, 0.5) is 0 Å². The molecule has 4 heteroatoms. The molecule has 108 valence electrons. The molecule has 0 spiro atoms. The fourth-order valence-corrected chi connectivity index (χ4v) is 1.90. The topological polar surface area (TPSA) is 35.1 Å². The monoisotopic (exact) mass is 286 g/mol. The minimum atomic E-state index is 0.259. The van der Waals surface area contributed by atoms with Crippen LogP contribution in [0.1, 0.15) is 26.3 Å². The number of rotatable bonds is 7. The normalized spacial score (nSPS) is 11.6. The maximum atomic E-state index is 6.07. The summed E-state index contributed by atoms with van der Waals surface area (Å²) < 4.78 is 11.1. The van der Waals surface area contributed by atoms with E-state index >= 15 is 0 Å². The second-order valence-corrected chi connectivity index (χ2v) is 6.16. The number of halogens is 1. The van der Waals surface area contributed by atoms with Gasteiger partial charge in [0.25, 0.3) is 0 Å². The zero-order chi connectivity index (χ0) is 14.3. The quantitative estimate of drug-likeness (QED) is 0.781. The van der Waals surface area contributed by atoms with Crippen LogP contribution >= 0.6 is 11.6 Å². The van der Waals surface area contributed by atoms with Crippen LogP contribution in [0.15, 0.2) is 18.2 Å². The number of aryl methyl sites for hydroxylation is 1. The Bertz CT molecular complexity index is 388. The molecule has 1 aromatic rings. The Morgan fingerprint density at radius 1 is 1.16 bits per heavy atom. The van der Waals surface area contributed by atoms with E-state index in [2.05, 4.69) is 26.1 Å². The van der Waals surface area contributed by atoms with Crippen LogP contribution < -0.4 is 10.1 Å². The fraction of sp³-hybridized carbons (Fsp3) is 0.600. The first-order valence-corrected chi connectivity index (χ1v) is 7.07. The van der Waals surface area contributed by atoms with Gasteiger partial charge in [-0.1, -0.05) is 17.7 Å². The number of ether oxygens (including phenoxy) is 2. The van der Waals surface area contributed by atoms with Gasteiger partial charge >= 0.3 is 0 Å². The van der Waals surface area contributed by atoms with E-state index in [0.29, 0.717) is 18.2 Å². The van der Waals surface area contributed by atoms with Gasteiger partial charge in [0.15, 0.2) is 0 Å². The van der Waals surface area contributed by atoms with E-state index in [1.165, 1.54) is 0 Å². The van der Waals surface area contributed by atoms with Crippen LogP contribution in [0.25, 0.3) is 0 Å². The Labute approximate surface area is 121 Å². The molecular weight excluding hydrogens is 262 g/mol. The van der Waals surface area contributed by atoms with Crippen molar-refractivity contribution in [1.82, 2.24) is 0 Å². The molecule has 0 saturated heterocycles. The molecule has 1 aromatic carbocycles. The SMILES string of the molecule is Cc1ccc(OCCOCC[NH2+]C(C)(C)C)c(Cl)c1. The summed E-state index contributed by atoms with van der Waals surface area (Å²) >= 11 is 6.07. The number of hydrogen-bond acceptors (Lipinski definition) is 2.